The molecule has 0 aliphatic heterocycles. The topological polar surface area (TPSA) is 95.9 Å². The van der Waals surface area contributed by atoms with Crippen LogP contribution >= 0.6 is 0 Å². The lowest BCUT2D eigenvalue weighted by Crippen LogP contribution is -2.31. The van der Waals surface area contributed by atoms with Crippen LogP contribution in [0.5, 0.6) is 5.75 Å². The fraction of sp³-hybridized carbons (Fsp3) is 0.227. The van der Waals surface area contributed by atoms with Crippen molar-refractivity contribution in [2.75, 3.05) is 19.5 Å². The highest BCUT2D eigenvalue weighted by molar-refractivity contribution is 6.04. The molecule has 0 spiro atoms. The fourth-order valence-corrected chi connectivity index (χ4v) is 3.06. The summed E-state index contributed by atoms with van der Waals surface area (Å²) in [5.74, 6) is -1.10. The van der Waals surface area contributed by atoms with Crippen molar-refractivity contribution in [3.8, 4) is 5.75 Å². The van der Waals surface area contributed by atoms with Crippen molar-refractivity contribution < 1.29 is 28.6 Å². The Balaban J connectivity index is 1.69. The van der Waals surface area contributed by atoms with Crippen molar-refractivity contribution in [1.82, 2.24) is 4.57 Å². The summed E-state index contributed by atoms with van der Waals surface area (Å²) < 4.78 is 16.9. The molecule has 2 aromatic carbocycles. The minimum absolute atomic E-state index is 0.163. The monoisotopic (exact) mass is 410 g/mol. The maximum absolute atomic E-state index is 12.4. The van der Waals surface area contributed by atoms with Crippen molar-refractivity contribution >= 4 is 34.4 Å². The first-order valence-electron chi connectivity index (χ1n) is 9.24. The summed E-state index contributed by atoms with van der Waals surface area (Å²) in [6.45, 7) is 1.32. The second-order valence-corrected chi connectivity index (χ2v) is 6.50. The van der Waals surface area contributed by atoms with Gasteiger partial charge in [-0.2, -0.15) is 0 Å². The number of aromatic nitrogens is 1. The van der Waals surface area contributed by atoms with E-state index in [1.165, 1.54) is 27.3 Å². The van der Waals surface area contributed by atoms with E-state index in [0.717, 1.165) is 0 Å². The molecule has 0 aliphatic carbocycles. The summed E-state index contributed by atoms with van der Waals surface area (Å²) in [6.07, 6.45) is 0.515. The number of nitrogens with one attached hydrogen (secondary N) is 1. The lowest BCUT2D eigenvalue weighted by molar-refractivity contribution is -0.153. The summed E-state index contributed by atoms with van der Waals surface area (Å²) in [7, 11) is 2.79. The molecule has 30 heavy (non-hydrogen) atoms. The molecule has 3 rings (SSSR count). The van der Waals surface area contributed by atoms with Gasteiger partial charge in [-0.15, -0.1) is 0 Å². The summed E-state index contributed by atoms with van der Waals surface area (Å²) >= 11 is 0. The zero-order valence-corrected chi connectivity index (χ0v) is 16.9. The number of benzene rings is 2. The first kappa shape index (κ1) is 20.9. The molecule has 0 bridgehead atoms. The van der Waals surface area contributed by atoms with E-state index in [2.05, 4.69) is 5.32 Å². The van der Waals surface area contributed by atoms with Gasteiger partial charge in [0.2, 0.25) is 0 Å². The van der Waals surface area contributed by atoms with Gasteiger partial charge in [-0.25, -0.2) is 4.79 Å². The molecule has 8 nitrogen and oxygen atoms in total. The molecule has 1 N–H and O–H groups in total. The number of hydrogen-bond donors (Lipinski definition) is 1. The molecule has 8 heteroatoms. The lowest BCUT2D eigenvalue weighted by atomic mass is 10.2. The summed E-state index contributed by atoms with van der Waals surface area (Å²) in [6, 6.07) is 14.1. The number of fused-ring (bicyclic) bond motifs is 1. The van der Waals surface area contributed by atoms with E-state index in [1.54, 1.807) is 53.1 Å². The molecular formula is C22H22N2O6. The molecule has 0 saturated heterocycles. The summed E-state index contributed by atoms with van der Waals surface area (Å²) in [4.78, 5) is 36.8. The highest BCUT2D eigenvalue weighted by Crippen LogP contribution is 2.24. The van der Waals surface area contributed by atoms with Gasteiger partial charge in [-0.3, -0.25) is 9.59 Å². The predicted octanol–water partition coefficient (Wildman–Crippen LogP) is 3.01. The number of amides is 1. The summed E-state index contributed by atoms with van der Waals surface area (Å²) in [5, 5.41) is 3.34. The van der Waals surface area contributed by atoms with Crippen LogP contribution in [0.2, 0.25) is 0 Å². The highest BCUT2D eigenvalue weighted by atomic mass is 16.5. The third kappa shape index (κ3) is 4.43. The number of anilines is 1. The third-order valence-electron chi connectivity index (χ3n) is 4.54. The fourth-order valence-electron chi connectivity index (χ4n) is 3.06. The van der Waals surface area contributed by atoms with Gasteiger partial charge in [0.15, 0.2) is 6.10 Å². The molecule has 1 heterocycles. The van der Waals surface area contributed by atoms with Gasteiger partial charge in [-0.1, -0.05) is 30.3 Å². The van der Waals surface area contributed by atoms with Gasteiger partial charge < -0.3 is 24.1 Å². The first-order valence-corrected chi connectivity index (χ1v) is 9.24. The predicted molar refractivity (Wildman–Crippen MR) is 110 cm³/mol. The van der Waals surface area contributed by atoms with E-state index in [9.17, 15) is 14.4 Å². The van der Waals surface area contributed by atoms with E-state index in [0.29, 0.717) is 27.9 Å². The normalized spacial score (nSPS) is 11.6. The Hall–Kier alpha value is -3.81. The van der Waals surface area contributed by atoms with Crippen LogP contribution in [-0.2, 0) is 25.6 Å². The van der Waals surface area contributed by atoms with E-state index >= 15 is 0 Å². The molecule has 0 unspecified atom stereocenters. The zero-order valence-electron chi connectivity index (χ0n) is 16.9. The minimum atomic E-state index is -1.02. The number of nitrogens with zero attached hydrogens (tertiary/aromatic N) is 1. The Labute approximate surface area is 173 Å². The highest BCUT2D eigenvalue weighted by Gasteiger charge is 2.21. The van der Waals surface area contributed by atoms with Crippen LogP contribution in [0, 0.1) is 0 Å². The molecule has 0 radical (unpaired) electrons. The molecule has 1 amide bonds. The van der Waals surface area contributed by atoms with Gasteiger partial charge in [0, 0.05) is 17.1 Å². The Bertz CT molecular complexity index is 1090. The van der Waals surface area contributed by atoms with E-state index in [4.69, 9.17) is 14.2 Å². The second kappa shape index (κ2) is 9.13. The van der Waals surface area contributed by atoms with Crippen LogP contribution in [-0.4, -0.2) is 42.7 Å². The Morgan fingerprint density at radius 3 is 2.47 bits per heavy atom. The number of carbonyl (C=O) groups excluding carboxylic acids is 3. The third-order valence-corrected chi connectivity index (χ3v) is 4.54. The summed E-state index contributed by atoms with van der Waals surface area (Å²) in [5.41, 5.74) is 1.51. The van der Waals surface area contributed by atoms with E-state index in [-0.39, 0.29) is 6.54 Å². The number of para-hydroxylation sites is 3. The molecule has 156 valence electrons. The van der Waals surface area contributed by atoms with Gasteiger partial charge >= 0.3 is 11.9 Å². The van der Waals surface area contributed by atoms with Crippen molar-refractivity contribution in [2.24, 2.45) is 0 Å². The molecule has 0 fully saturated rings. The van der Waals surface area contributed by atoms with Gasteiger partial charge in [0.25, 0.3) is 5.91 Å². The largest absolute Gasteiger partial charge is 0.495 e. The van der Waals surface area contributed by atoms with Crippen molar-refractivity contribution in [3.05, 3.63) is 60.3 Å². The Morgan fingerprint density at radius 2 is 1.73 bits per heavy atom. The molecule has 1 aromatic heterocycles. The van der Waals surface area contributed by atoms with Crippen LogP contribution in [0.4, 0.5) is 5.69 Å². The molecular weight excluding hydrogens is 388 g/mol. The van der Waals surface area contributed by atoms with Crippen molar-refractivity contribution in [3.63, 3.8) is 0 Å². The molecule has 1 atom stereocenters. The van der Waals surface area contributed by atoms with E-state index < -0.39 is 23.9 Å². The molecule has 0 aliphatic rings. The lowest BCUT2D eigenvalue weighted by Gasteiger charge is -2.15. The molecule has 0 saturated carbocycles. The van der Waals surface area contributed by atoms with Crippen LogP contribution in [0.1, 0.15) is 17.3 Å². The molecule has 3 aromatic rings. The quantitative estimate of drug-likeness (QED) is 0.602. The number of carbonyl (C=O) groups is 3. The van der Waals surface area contributed by atoms with Crippen molar-refractivity contribution in [2.45, 2.75) is 19.6 Å². The first-order chi connectivity index (χ1) is 14.4. The number of hydrogen-bond acceptors (Lipinski definition) is 6. The van der Waals surface area contributed by atoms with E-state index in [1.807, 2.05) is 0 Å². The van der Waals surface area contributed by atoms with Crippen LogP contribution in [0.25, 0.3) is 10.9 Å². The number of ether oxygens (including phenoxy) is 3. The van der Waals surface area contributed by atoms with Crippen molar-refractivity contribution in [1.29, 1.82) is 0 Å². The Morgan fingerprint density at radius 1 is 1.03 bits per heavy atom. The van der Waals surface area contributed by atoms with Gasteiger partial charge in [0.05, 0.1) is 25.5 Å². The average Bonchev–Trinajstić information content (AvgIpc) is 3.11. The smallest absolute Gasteiger partial charge is 0.340 e. The number of esters is 2. The van der Waals surface area contributed by atoms with Gasteiger partial charge in [-0.05, 0) is 25.1 Å². The van der Waals surface area contributed by atoms with Gasteiger partial charge in [0.1, 0.15) is 12.3 Å². The Kier molecular flexibility index (Phi) is 6.36. The number of methoxy groups -OCH3 is 2. The number of rotatable bonds is 7. The zero-order chi connectivity index (χ0) is 21.7. The standard InChI is InChI=1S/C22H22N2O6/c1-14(21(26)23-17-9-5-7-11-19(17)28-2)30-20(25)13-24-12-16(22(27)29-3)15-8-4-6-10-18(15)24/h4-12,14H,13H2,1-3H3,(H,23,26)/t14-/m0/s1. The average molecular weight is 410 g/mol. The minimum Gasteiger partial charge on any atom is -0.495 e. The maximum Gasteiger partial charge on any atom is 0.340 e. The van der Waals surface area contributed by atoms with Crippen LogP contribution in [0.3, 0.4) is 0 Å². The SMILES string of the molecule is COC(=O)c1cn(CC(=O)O[C@@H](C)C(=O)Nc2ccccc2OC)c2ccccc12. The second-order valence-electron chi connectivity index (χ2n) is 6.50. The maximum atomic E-state index is 12.4. The van der Waals surface area contributed by atoms with Crippen LogP contribution < -0.4 is 10.1 Å². The van der Waals surface area contributed by atoms with Crippen LogP contribution in [0.15, 0.2) is 54.7 Å².